The molecule has 2 nitrogen and oxygen atoms in total. The molecule has 10 heavy (non-hydrogen) atoms. The van der Waals surface area contributed by atoms with Crippen molar-refractivity contribution in [1.29, 1.82) is 5.26 Å². The number of nitriles is 1. The number of hydrogen-bond acceptors (Lipinski definition) is 1. The van der Waals surface area contributed by atoms with E-state index in [0.717, 1.165) is 9.08 Å². The molecule has 0 aliphatic heterocycles. The Hall–Kier alpha value is -0.270. The van der Waals surface area contributed by atoms with Crippen LogP contribution in [-0.4, -0.2) is 4.57 Å². The summed E-state index contributed by atoms with van der Waals surface area (Å²) in [6, 6.07) is 3.83. The van der Waals surface area contributed by atoms with Gasteiger partial charge in [-0.2, -0.15) is 5.26 Å². The van der Waals surface area contributed by atoms with Crippen LogP contribution in [0.15, 0.2) is 15.1 Å². The summed E-state index contributed by atoms with van der Waals surface area (Å²) in [5.74, 6) is 0. The lowest BCUT2D eigenvalue weighted by molar-refractivity contribution is 0.882. The zero-order chi connectivity index (χ0) is 7.72. The Balaban J connectivity index is 3.34. The maximum atomic E-state index is 8.54. The first-order valence-electron chi connectivity index (χ1n) is 2.57. The van der Waals surface area contributed by atoms with Crippen molar-refractivity contribution in [3.05, 3.63) is 20.8 Å². The Morgan fingerprint density at radius 1 is 1.60 bits per heavy atom. The Kier molecular flexibility index (Phi) is 2.17. The maximum Gasteiger partial charge on any atom is 0.121 e. The van der Waals surface area contributed by atoms with E-state index in [1.165, 1.54) is 0 Å². The molecule has 0 spiro atoms. The Labute approximate surface area is 75.7 Å². The van der Waals surface area contributed by atoms with E-state index in [-0.39, 0.29) is 0 Å². The molecule has 1 aromatic heterocycles. The van der Waals surface area contributed by atoms with Crippen molar-refractivity contribution in [3.8, 4) is 6.07 Å². The van der Waals surface area contributed by atoms with Gasteiger partial charge in [0.2, 0.25) is 0 Å². The first-order chi connectivity index (χ1) is 4.66. The summed E-state index contributed by atoms with van der Waals surface area (Å²) in [5, 5.41) is 8.54. The molecule has 4 heteroatoms. The van der Waals surface area contributed by atoms with Gasteiger partial charge in [-0.15, -0.1) is 0 Å². The molecule has 0 N–H and O–H groups in total. The normalized spacial score (nSPS) is 9.40. The third kappa shape index (κ3) is 1.11. The third-order valence-corrected chi connectivity index (χ3v) is 3.33. The second-order valence-electron chi connectivity index (χ2n) is 1.84. The van der Waals surface area contributed by atoms with Gasteiger partial charge in [-0.05, 0) is 37.9 Å². The predicted molar refractivity (Wildman–Crippen MR) is 45.5 cm³/mol. The van der Waals surface area contributed by atoms with Gasteiger partial charge in [0.05, 0.1) is 9.08 Å². The summed E-state index contributed by atoms with van der Waals surface area (Å²) in [4.78, 5) is 0. The van der Waals surface area contributed by atoms with E-state index in [9.17, 15) is 0 Å². The zero-order valence-corrected chi connectivity index (χ0v) is 8.40. The van der Waals surface area contributed by atoms with Gasteiger partial charge >= 0.3 is 0 Å². The van der Waals surface area contributed by atoms with Crippen molar-refractivity contribution in [2.24, 2.45) is 7.05 Å². The monoisotopic (exact) mass is 262 g/mol. The first-order valence-corrected chi connectivity index (χ1v) is 4.16. The second-order valence-corrected chi connectivity index (χ2v) is 3.44. The van der Waals surface area contributed by atoms with Crippen molar-refractivity contribution < 1.29 is 0 Å². The third-order valence-electron chi connectivity index (χ3n) is 1.23. The lowest BCUT2D eigenvalue weighted by atomic mass is 10.5. The van der Waals surface area contributed by atoms with Crippen LogP contribution in [0.2, 0.25) is 0 Å². The van der Waals surface area contributed by atoms with Crippen LogP contribution in [0.5, 0.6) is 0 Å². The smallest absolute Gasteiger partial charge is 0.121 e. The largest absolute Gasteiger partial charge is 0.329 e. The molecular formula is C6H4Br2N2. The minimum absolute atomic E-state index is 0.638. The van der Waals surface area contributed by atoms with E-state index in [0.29, 0.717) is 5.69 Å². The SMILES string of the molecule is Cn1c(C#N)cc(Br)c1Br. The fourth-order valence-electron chi connectivity index (χ4n) is 0.650. The quantitative estimate of drug-likeness (QED) is 0.707. The van der Waals surface area contributed by atoms with Gasteiger partial charge in [-0.3, -0.25) is 0 Å². The molecule has 0 bridgehead atoms. The minimum atomic E-state index is 0.638. The summed E-state index contributed by atoms with van der Waals surface area (Å²) in [5.41, 5.74) is 0.638. The highest BCUT2D eigenvalue weighted by molar-refractivity contribution is 9.13. The van der Waals surface area contributed by atoms with E-state index in [4.69, 9.17) is 5.26 Å². The maximum absolute atomic E-state index is 8.54. The summed E-state index contributed by atoms with van der Waals surface area (Å²) in [6.07, 6.45) is 0. The Bertz CT molecular complexity index is 295. The number of rotatable bonds is 0. The molecule has 1 rings (SSSR count). The molecule has 0 saturated heterocycles. The molecule has 0 aliphatic carbocycles. The van der Waals surface area contributed by atoms with E-state index < -0.39 is 0 Å². The molecule has 1 heterocycles. The molecule has 0 radical (unpaired) electrons. The fourth-order valence-corrected chi connectivity index (χ4v) is 1.44. The van der Waals surface area contributed by atoms with Crippen LogP contribution in [-0.2, 0) is 7.05 Å². The Morgan fingerprint density at radius 3 is 2.40 bits per heavy atom. The standard InChI is InChI=1S/C6H4Br2N2/c1-10-4(3-9)2-5(7)6(10)8/h2H,1H3. The van der Waals surface area contributed by atoms with E-state index in [1.54, 1.807) is 10.6 Å². The summed E-state index contributed by atoms with van der Waals surface area (Å²) in [6.45, 7) is 0. The summed E-state index contributed by atoms with van der Waals surface area (Å²) < 4.78 is 3.57. The summed E-state index contributed by atoms with van der Waals surface area (Å²) >= 11 is 6.59. The van der Waals surface area contributed by atoms with Crippen molar-refractivity contribution in [3.63, 3.8) is 0 Å². The Morgan fingerprint density at radius 2 is 2.20 bits per heavy atom. The molecule has 0 saturated carbocycles. The van der Waals surface area contributed by atoms with Crippen LogP contribution in [0, 0.1) is 11.3 Å². The predicted octanol–water partition coefficient (Wildman–Crippen LogP) is 2.42. The van der Waals surface area contributed by atoms with Crippen LogP contribution in [0.25, 0.3) is 0 Å². The van der Waals surface area contributed by atoms with Crippen molar-refractivity contribution in [1.82, 2.24) is 4.57 Å². The molecule has 0 amide bonds. The van der Waals surface area contributed by atoms with Gasteiger partial charge in [-0.1, -0.05) is 0 Å². The van der Waals surface area contributed by atoms with Crippen molar-refractivity contribution in [2.75, 3.05) is 0 Å². The highest BCUT2D eigenvalue weighted by Gasteiger charge is 2.05. The minimum Gasteiger partial charge on any atom is -0.329 e. The van der Waals surface area contributed by atoms with Gasteiger partial charge in [-0.25, -0.2) is 0 Å². The number of aromatic nitrogens is 1. The van der Waals surface area contributed by atoms with E-state index >= 15 is 0 Å². The van der Waals surface area contributed by atoms with Crippen LogP contribution in [0.3, 0.4) is 0 Å². The number of halogens is 2. The summed E-state index contributed by atoms with van der Waals surface area (Å²) in [7, 11) is 1.83. The first kappa shape index (κ1) is 7.83. The van der Waals surface area contributed by atoms with Gasteiger partial charge < -0.3 is 4.57 Å². The van der Waals surface area contributed by atoms with E-state index in [1.807, 2.05) is 7.05 Å². The van der Waals surface area contributed by atoms with Gasteiger partial charge in [0.15, 0.2) is 0 Å². The zero-order valence-electron chi connectivity index (χ0n) is 5.23. The van der Waals surface area contributed by atoms with Gasteiger partial charge in [0.25, 0.3) is 0 Å². The van der Waals surface area contributed by atoms with Crippen LogP contribution < -0.4 is 0 Å². The topological polar surface area (TPSA) is 28.7 Å². The van der Waals surface area contributed by atoms with Gasteiger partial charge in [0, 0.05) is 7.05 Å². The fraction of sp³-hybridized carbons (Fsp3) is 0.167. The lowest BCUT2D eigenvalue weighted by Gasteiger charge is -1.93. The van der Waals surface area contributed by atoms with Crippen LogP contribution >= 0.6 is 31.9 Å². The average molecular weight is 264 g/mol. The number of hydrogen-bond donors (Lipinski definition) is 0. The molecule has 0 fully saturated rings. The van der Waals surface area contributed by atoms with Crippen LogP contribution in [0.1, 0.15) is 5.69 Å². The second kappa shape index (κ2) is 2.77. The molecule has 1 aromatic rings. The van der Waals surface area contributed by atoms with Crippen molar-refractivity contribution in [2.45, 2.75) is 0 Å². The molecular weight excluding hydrogens is 260 g/mol. The lowest BCUT2D eigenvalue weighted by Crippen LogP contribution is -1.90. The number of nitrogens with zero attached hydrogens (tertiary/aromatic N) is 2. The highest BCUT2D eigenvalue weighted by Crippen LogP contribution is 2.25. The highest BCUT2D eigenvalue weighted by atomic mass is 79.9. The van der Waals surface area contributed by atoms with Crippen molar-refractivity contribution >= 4 is 31.9 Å². The molecule has 52 valence electrons. The average Bonchev–Trinajstić information content (AvgIpc) is 2.17. The molecule has 0 unspecified atom stereocenters. The molecule has 0 aliphatic rings. The van der Waals surface area contributed by atoms with E-state index in [2.05, 4.69) is 37.9 Å². The molecule has 0 atom stereocenters. The van der Waals surface area contributed by atoms with Gasteiger partial charge in [0.1, 0.15) is 11.8 Å². The molecule has 0 aromatic carbocycles. The van der Waals surface area contributed by atoms with Crippen LogP contribution in [0.4, 0.5) is 0 Å².